The van der Waals surface area contributed by atoms with E-state index in [-0.39, 0.29) is 23.7 Å². The Balaban J connectivity index is 1.33. The maximum atomic E-state index is 13.6. The molecule has 2 aromatic rings. The van der Waals surface area contributed by atoms with Crippen LogP contribution < -0.4 is 21.4 Å². The second kappa shape index (κ2) is 11.5. The maximum Gasteiger partial charge on any atom is 0.352 e. The number of hydrogen-bond acceptors (Lipinski definition) is 12. The van der Waals surface area contributed by atoms with Crippen LogP contribution in [0.2, 0.25) is 0 Å². The molecule has 0 saturated carbocycles. The molecule has 5 N–H and O–H groups in total. The molecule has 3 aliphatic rings. The van der Waals surface area contributed by atoms with Crippen molar-refractivity contribution in [3.05, 3.63) is 33.7 Å². The van der Waals surface area contributed by atoms with E-state index in [1.54, 1.807) is 24.6 Å². The van der Waals surface area contributed by atoms with Gasteiger partial charge in [-0.05, 0) is 27.4 Å². The van der Waals surface area contributed by atoms with Gasteiger partial charge in [-0.2, -0.15) is 0 Å². The van der Waals surface area contributed by atoms with E-state index in [9.17, 15) is 29.1 Å². The molecule has 5 rings (SSSR count). The van der Waals surface area contributed by atoms with Gasteiger partial charge in [0.15, 0.2) is 0 Å². The summed E-state index contributed by atoms with van der Waals surface area (Å²) >= 11 is 3.65. The van der Waals surface area contributed by atoms with Crippen LogP contribution in [0.5, 0.6) is 0 Å². The van der Waals surface area contributed by atoms with Gasteiger partial charge in [-0.25, -0.2) is 29.5 Å². The number of hydrazine groups is 1. The molecule has 6 amide bonds. The van der Waals surface area contributed by atoms with E-state index >= 15 is 0 Å². The Kier molecular flexibility index (Phi) is 8.07. The van der Waals surface area contributed by atoms with Gasteiger partial charge in [0.2, 0.25) is 5.16 Å². The largest absolute Gasteiger partial charge is 0.477 e. The highest BCUT2D eigenvalue weighted by Crippen LogP contribution is 2.47. The predicted molar refractivity (Wildman–Crippen MR) is 144 cm³/mol. The number of thioether (sulfide) groups is 2. The first kappa shape index (κ1) is 28.6. The van der Waals surface area contributed by atoms with E-state index in [4.69, 9.17) is 4.74 Å². The van der Waals surface area contributed by atoms with Gasteiger partial charge in [0.1, 0.15) is 17.1 Å². The van der Waals surface area contributed by atoms with Gasteiger partial charge < -0.3 is 25.8 Å². The SMILES string of the molecule is CO[C@@]1(NC(=O)C(NC(=O)NN2CCNC2=O)c2cccs2)C(=O)N2C(C(=O)O)=C(CSc3nnnn3C)CSC21. The van der Waals surface area contributed by atoms with Crippen molar-refractivity contribution in [2.24, 2.45) is 7.05 Å². The summed E-state index contributed by atoms with van der Waals surface area (Å²) in [5.74, 6) is -2.37. The summed E-state index contributed by atoms with van der Waals surface area (Å²) in [4.78, 5) is 65.4. The summed E-state index contributed by atoms with van der Waals surface area (Å²) in [5.41, 5.74) is 0.792. The number of β-lactam (4-membered cyclic amide) rings is 1. The predicted octanol–water partition coefficient (Wildman–Crippen LogP) is -0.943. The zero-order chi connectivity index (χ0) is 29.3. The van der Waals surface area contributed by atoms with Crippen molar-refractivity contribution < 1.29 is 33.8 Å². The molecule has 5 heterocycles. The number of hydrogen-bond donors (Lipinski definition) is 5. The molecule has 218 valence electrons. The number of tetrazole rings is 1. The molecule has 20 heteroatoms. The lowest BCUT2D eigenvalue weighted by molar-refractivity contribution is -0.192. The number of aryl methyl sites for hydroxylation is 1. The number of carboxylic acids is 1. The Bertz CT molecular complexity index is 1420. The number of carboxylic acid groups (broad SMARTS) is 1. The van der Waals surface area contributed by atoms with Crippen molar-refractivity contribution in [3.8, 4) is 0 Å². The number of amides is 6. The molecule has 2 aromatic heterocycles. The highest BCUT2D eigenvalue weighted by Gasteiger charge is 2.67. The molecule has 3 atom stereocenters. The fraction of sp³-hybridized carbons (Fsp3) is 0.429. The quantitative estimate of drug-likeness (QED) is 0.123. The zero-order valence-electron chi connectivity index (χ0n) is 21.5. The van der Waals surface area contributed by atoms with Crippen molar-refractivity contribution in [1.29, 1.82) is 0 Å². The molecule has 2 unspecified atom stereocenters. The number of nitrogens with one attached hydrogen (secondary N) is 4. The molecule has 3 aliphatic heterocycles. The summed E-state index contributed by atoms with van der Waals surface area (Å²) in [6.45, 7) is 0.597. The highest BCUT2D eigenvalue weighted by molar-refractivity contribution is 8.01. The first-order valence-corrected chi connectivity index (χ1v) is 14.9. The maximum absolute atomic E-state index is 13.6. The molecule has 0 bridgehead atoms. The van der Waals surface area contributed by atoms with E-state index in [0.29, 0.717) is 22.2 Å². The van der Waals surface area contributed by atoms with Gasteiger partial charge in [-0.15, -0.1) is 28.2 Å². The average molecular weight is 625 g/mol. The smallest absolute Gasteiger partial charge is 0.352 e. The van der Waals surface area contributed by atoms with E-state index in [2.05, 4.69) is 36.9 Å². The summed E-state index contributed by atoms with van der Waals surface area (Å²) in [6, 6.07) is 0.770. The molecular weight excluding hydrogens is 600 g/mol. The number of fused-ring (bicyclic) bond motifs is 1. The third-order valence-electron chi connectivity index (χ3n) is 6.36. The summed E-state index contributed by atoms with van der Waals surface area (Å²) in [7, 11) is 2.89. The van der Waals surface area contributed by atoms with Crippen molar-refractivity contribution in [3.63, 3.8) is 0 Å². The van der Waals surface area contributed by atoms with Crippen molar-refractivity contribution >= 4 is 64.7 Å². The second-order valence-corrected chi connectivity index (χ2v) is 11.8. The fourth-order valence-electron chi connectivity index (χ4n) is 4.39. The molecule has 17 nitrogen and oxygen atoms in total. The number of ether oxygens (including phenoxy) is 1. The van der Waals surface area contributed by atoms with E-state index in [0.717, 1.165) is 9.91 Å². The topological polar surface area (TPSA) is 213 Å². The monoisotopic (exact) mass is 624 g/mol. The zero-order valence-corrected chi connectivity index (χ0v) is 24.0. The lowest BCUT2D eigenvalue weighted by atomic mass is 9.97. The summed E-state index contributed by atoms with van der Waals surface area (Å²) in [6.07, 6.45) is 0. The van der Waals surface area contributed by atoms with Gasteiger partial charge in [-0.1, -0.05) is 17.8 Å². The van der Waals surface area contributed by atoms with Gasteiger partial charge in [-0.3, -0.25) is 14.5 Å². The highest BCUT2D eigenvalue weighted by atomic mass is 32.2. The van der Waals surface area contributed by atoms with Crippen LogP contribution in [0, 0.1) is 0 Å². The van der Waals surface area contributed by atoms with Crippen LogP contribution in [0.4, 0.5) is 9.59 Å². The van der Waals surface area contributed by atoms with Crippen LogP contribution in [-0.2, 0) is 26.2 Å². The van der Waals surface area contributed by atoms with Crippen LogP contribution in [0.25, 0.3) is 0 Å². The van der Waals surface area contributed by atoms with Gasteiger partial charge in [0, 0.05) is 37.1 Å². The summed E-state index contributed by atoms with van der Waals surface area (Å²) < 4.78 is 6.98. The normalized spacial score (nSPS) is 22.5. The Morgan fingerprint density at radius 3 is 2.78 bits per heavy atom. The number of urea groups is 2. The Labute approximate surface area is 244 Å². The molecule has 2 fully saturated rings. The van der Waals surface area contributed by atoms with E-state index < -0.39 is 47.0 Å². The van der Waals surface area contributed by atoms with Crippen LogP contribution in [-0.4, -0.2) is 108 Å². The minimum Gasteiger partial charge on any atom is -0.477 e. The van der Waals surface area contributed by atoms with Crippen molar-refractivity contribution in [2.75, 3.05) is 31.7 Å². The lowest BCUT2D eigenvalue weighted by Gasteiger charge is -2.56. The minimum absolute atomic E-state index is 0.195. The third kappa shape index (κ3) is 5.29. The molecule has 0 radical (unpaired) electrons. The fourth-order valence-corrected chi connectivity index (χ4v) is 7.59. The van der Waals surface area contributed by atoms with Crippen LogP contribution in [0.1, 0.15) is 10.9 Å². The van der Waals surface area contributed by atoms with Crippen molar-refractivity contribution in [1.82, 2.24) is 51.5 Å². The van der Waals surface area contributed by atoms with Gasteiger partial charge in [0.25, 0.3) is 17.5 Å². The second-order valence-electron chi connectivity index (χ2n) is 8.82. The number of rotatable bonds is 10. The Morgan fingerprint density at radius 1 is 1.37 bits per heavy atom. The van der Waals surface area contributed by atoms with Gasteiger partial charge in [0.05, 0.1) is 6.54 Å². The molecular formula is C21H24N10O7S3. The number of methoxy groups -OCH3 is 1. The van der Waals surface area contributed by atoms with Crippen LogP contribution in [0.3, 0.4) is 0 Å². The van der Waals surface area contributed by atoms with Gasteiger partial charge >= 0.3 is 18.0 Å². The van der Waals surface area contributed by atoms with Crippen LogP contribution >= 0.6 is 34.9 Å². The molecule has 0 aliphatic carbocycles. The van der Waals surface area contributed by atoms with E-state index in [1.165, 1.54) is 46.7 Å². The van der Waals surface area contributed by atoms with E-state index in [1.807, 2.05) is 0 Å². The molecule has 2 saturated heterocycles. The molecule has 0 spiro atoms. The third-order valence-corrected chi connectivity index (χ3v) is 9.77. The first-order valence-electron chi connectivity index (χ1n) is 11.9. The standard InChI is InChI=1S/C21H24N10O7S3/c1-29-20(25-27-28-29)41-9-10-8-40-17-21(38-2,16(35)31(17)13(10)15(33)34)24-14(32)12(11-4-3-7-39-11)23-18(36)26-30-6-5-22-19(30)37/h3-4,7,12,17H,5-6,8-9H2,1-2H3,(H,22,37)(H,24,32)(H,33,34)(H2,23,26,36)/t12?,17?,21-/m0/s1. The van der Waals surface area contributed by atoms with Crippen LogP contribution in [0.15, 0.2) is 33.9 Å². The molecule has 0 aromatic carbocycles. The number of aliphatic carboxylic acids is 1. The lowest BCUT2D eigenvalue weighted by Crippen LogP contribution is -2.81. The minimum atomic E-state index is -1.88. The Morgan fingerprint density at radius 2 is 2.17 bits per heavy atom. The molecule has 41 heavy (non-hydrogen) atoms. The average Bonchev–Trinajstić information content (AvgIpc) is 3.72. The van der Waals surface area contributed by atoms with Crippen molar-refractivity contribution in [2.45, 2.75) is 22.3 Å². The Hall–Kier alpha value is -3.88. The number of aromatic nitrogens is 4. The number of carbonyl (C=O) groups is 5. The number of carbonyl (C=O) groups excluding carboxylic acids is 4. The summed E-state index contributed by atoms with van der Waals surface area (Å²) in [5, 5.41) is 31.2. The first-order chi connectivity index (χ1) is 19.7. The number of nitrogens with zero attached hydrogens (tertiary/aromatic N) is 6. The number of thiophene rings is 1.